The van der Waals surface area contributed by atoms with E-state index in [4.69, 9.17) is 4.74 Å². The third-order valence-electron chi connectivity index (χ3n) is 6.06. The molecule has 1 atom stereocenters. The summed E-state index contributed by atoms with van der Waals surface area (Å²) < 4.78 is 5.69. The van der Waals surface area contributed by atoms with Crippen LogP contribution in [0.15, 0.2) is 60.7 Å². The molecule has 1 fully saturated rings. The first kappa shape index (κ1) is 20.4. The van der Waals surface area contributed by atoms with Crippen LogP contribution in [-0.2, 0) is 4.79 Å². The minimum absolute atomic E-state index is 0.0483. The molecule has 0 spiro atoms. The summed E-state index contributed by atoms with van der Waals surface area (Å²) in [7, 11) is 3.47. The van der Waals surface area contributed by atoms with Gasteiger partial charge in [-0.05, 0) is 84.6 Å². The second-order valence-electron chi connectivity index (χ2n) is 8.35. The molecule has 0 aliphatic carbocycles. The van der Waals surface area contributed by atoms with Gasteiger partial charge in [-0.1, -0.05) is 36.4 Å². The summed E-state index contributed by atoms with van der Waals surface area (Å²) in [5.74, 6) is 0.666. The molecule has 0 N–H and O–H groups in total. The Morgan fingerprint density at radius 2 is 1.70 bits per heavy atom. The first-order valence-electron chi connectivity index (χ1n) is 10.7. The van der Waals surface area contributed by atoms with Crippen molar-refractivity contribution < 1.29 is 9.53 Å². The van der Waals surface area contributed by atoms with Gasteiger partial charge in [0, 0.05) is 20.1 Å². The third-order valence-corrected chi connectivity index (χ3v) is 6.06. The van der Waals surface area contributed by atoms with E-state index in [0.717, 1.165) is 10.8 Å². The van der Waals surface area contributed by atoms with Crippen molar-refractivity contribution in [3.63, 3.8) is 0 Å². The maximum Gasteiger partial charge on any atom is 0.259 e. The number of rotatable bonds is 6. The molecule has 4 nitrogen and oxygen atoms in total. The van der Waals surface area contributed by atoms with Crippen molar-refractivity contribution in [3.05, 3.63) is 66.2 Å². The van der Waals surface area contributed by atoms with E-state index in [9.17, 15) is 4.79 Å². The number of hydrogen-bond donors (Lipinski definition) is 0. The number of carbonyl (C=O) groups excluding carboxylic acids is 1. The molecular formula is C26H30N2O2. The van der Waals surface area contributed by atoms with Gasteiger partial charge in [-0.2, -0.15) is 0 Å². The van der Waals surface area contributed by atoms with Crippen molar-refractivity contribution in [1.29, 1.82) is 0 Å². The molecule has 1 saturated heterocycles. The third kappa shape index (κ3) is 4.49. The van der Waals surface area contributed by atoms with Crippen LogP contribution in [-0.4, -0.2) is 49.5 Å². The van der Waals surface area contributed by atoms with Gasteiger partial charge in [0.1, 0.15) is 5.75 Å². The first-order chi connectivity index (χ1) is 14.5. The quantitative estimate of drug-likeness (QED) is 0.573. The molecule has 1 unspecified atom stereocenters. The predicted octanol–water partition coefficient (Wildman–Crippen LogP) is 5.13. The maximum atomic E-state index is 11.8. The summed E-state index contributed by atoms with van der Waals surface area (Å²) >= 11 is 0. The number of carbonyl (C=O) groups is 1. The average molecular weight is 403 g/mol. The van der Waals surface area contributed by atoms with Gasteiger partial charge >= 0.3 is 0 Å². The highest BCUT2D eigenvalue weighted by Gasteiger charge is 2.19. The lowest BCUT2D eigenvalue weighted by Crippen LogP contribution is -2.27. The molecule has 4 rings (SSSR count). The van der Waals surface area contributed by atoms with E-state index in [0.29, 0.717) is 11.8 Å². The normalized spacial score (nSPS) is 15.3. The van der Waals surface area contributed by atoms with Crippen molar-refractivity contribution in [2.75, 3.05) is 33.8 Å². The van der Waals surface area contributed by atoms with Gasteiger partial charge in [-0.25, -0.2) is 0 Å². The number of hydrogen-bond acceptors (Lipinski definition) is 3. The Kier molecular flexibility index (Phi) is 6.05. The SMILES string of the molecule is CC(c1cccc(-c2ccc3ccc(OCC(=O)N(C)C)cc3c2)c1)N1CCCC1. The van der Waals surface area contributed by atoms with Crippen LogP contribution in [0.2, 0.25) is 0 Å². The molecule has 1 aliphatic rings. The first-order valence-corrected chi connectivity index (χ1v) is 10.7. The van der Waals surface area contributed by atoms with Crippen LogP contribution in [0.5, 0.6) is 5.75 Å². The van der Waals surface area contributed by atoms with Crippen molar-refractivity contribution in [2.45, 2.75) is 25.8 Å². The van der Waals surface area contributed by atoms with Gasteiger partial charge in [0.05, 0.1) is 0 Å². The molecule has 0 saturated carbocycles. The Balaban J connectivity index is 1.58. The summed E-state index contributed by atoms with van der Waals surface area (Å²) in [6, 6.07) is 21.8. The van der Waals surface area contributed by atoms with E-state index in [1.807, 2.05) is 18.2 Å². The van der Waals surface area contributed by atoms with Gasteiger partial charge < -0.3 is 9.64 Å². The van der Waals surface area contributed by atoms with Crippen molar-refractivity contribution in [2.24, 2.45) is 0 Å². The Morgan fingerprint density at radius 1 is 0.967 bits per heavy atom. The number of ether oxygens (including phenoxy) is 1. The molecule has 0 aromatic heterocycles. The molecule has 1 aliphatic heterocycles. The minimum Gasteiger partial charge on any atom is -0.484 e. The van der Waals surface area contributed by atoms with Crippen LogP contribution in [0.3, 0.4) is 0 Å². The fourth-order valence-corrected chi connectivity index (χ4v) is 4.09. The second kappa shape index (κ2) is 8.88. The lowest BCUT2D eigenvalue weighted by atomic mass is 9.97. The van der Waals surface area contributed by atoms with Crippen LogP contribution >= 0.6 is 0 Å². The standard InChI is InChI=1S/C26H30N2O2/c1-19(28-13-4-5-14-28)21-7-6-8-22(15-21)23-10-9-20-11-12-25(17-24(20)16-23)30-18-26(29)27(2)3/h6-12,15-17,19H,4-5,13-14,18H2,1-3H3. The van der Waals surface area contributed by atoms with Gasteiger partial charge in [0.2, 0.25) is 0 Å². The van der Waals surface area contributed by atoms with Gasteiger partial charge in [-0.15, -0.1) is 0 Å². The maximum absolute atomic E-state index is 11.8. The number of benzene rings is 3. The summed E-state index contributed by atoms with van der Waals surface area (Å²) in [6.07, 6.45) is 2.61. The zero-order valence-electron chi connectivity index (χ0n) is 18.1. The Bertz CT molecular complexity index is 1040. The summed E-state index contributed by atoms with van der Waals surface area (Å²) in [4.78, 5) is 15.9. The van der Waals surface area contributed by atoms with Gasteiger partial charge in [-0.3, -0.25) is 9.69 Å². The lowest BCUT2D eigenvalue weighted by Gasteiger charge is -2.24. The molecule has 0 radical (unpaired) electrons. The lowest BCUT2D eigenvalue weighted by molar-refractivity contribution is -0.130. The van der Waals surface area contributed by atoms with Crippen LogP contribution in [0.25, 0.3) is 21.9 Å². The molecule has 156 valence electrons. The number of fused-ring (bicyclic) bond motifs is 1. The zero-order chi connectivity index (χ0) is 21.1. The molecule has 4 heteroatoms. The Hall–Kier alpha value is -2.85. The fraction of sp³-hybridized carbons (Fsp3) is 0.346. The second-order valence-corrected chi connectivity index (χ2v) is 8.35. The fourth-order valence-electron chi connectivity index (χ4n) is 4.09. The molecule has 1 amide bonds. The Labute approximate surface area is 179 Å². The molecular weight excluding hydrogens is 372 g/mol. The summed E-state index contributed by atoms with van der Waals surface area (Å²) in [5.41, 5.74) is 3.79. The predicted molar refractivity (Wildman–Crippen MR) is 123 cm³/mol. The average Bonchev–Trinajstić information content (AvgIpc) is 3.31. The topological polar surface area (TPSA) is 32.8 Å². The van der Waals surface area contributed by atoms with Crippen molar-refractivity contribution >= 4 is 16.7 Å². The minimum atomic E-state index is -0.0483. The van der Waals surface area contributed by atoms with Gasteiger partial charge in [0.25, 0.3) is 5.91 Å². The molecule has 3 aromatic rings. The van der Waals surface area contributed by atoms with Crippen molar-refractivity contribution in [3.8, 4) is 16.9 Å². The van der Waals surface area contributed by atoms with E-state index in [1.165, 1.54) is 47.5 Å². The van der Waals surface area contributed by atoms with Crippen LogP contribution < -0.4 is 4.74 Å². The van der Waals surface area contributed by atoms with E-state index in [2.05, 4.69) is 54.3 Å². The molecule has 3 aromatic carbocycles. The van der Waals surface area contributed by atoms with Crippen LogP contribution in [0, 0.1) is 0 Å². The monoisotopic (exact) mass is 402 g/mol. The molecule has 30 heavy (non-hydrogen) atoms. The highest BCUT2D eigenvalue weighted by Crippen LogP contribution is 2.31. The molecule has 0 bridgehead atoms. The number of likely N-dealkylation sites (N-methyl/N-ethyl adjacent to an activating group) is 1. The number of likely N-dealkylation sites (tertiary alicyclic amines) is 1. The zero-order valence-corrected chi connectivity index (χ0v) is 18.1. The van der Waals surface area contributed by atoms with Crippen molar-refractivity contribution in [1.82, 2.24) is 9.80 Å². The van der Waals surface area contributed by atoms with Crippen LogP contribution in [0.1, 0.15) is 31.4 Å². The summed E-state index contributed by atoms with van der Waals surface area (Å²) in [6.45, 7) is 4.75. The van der Waals surface area contributed by atoms with E-state index < -0.39 is 0 Å². The summed E-state index contributed by atoms with van der Waals surface area (Å²) in [5, 5.41) is 2.27. The van der Waals surface area contributed by atoms with E-state index in [-0.39, 0.29) is 12.5 Å². The number of amides is 1. The smallest absolute Gasteiger partial charge is 0.259 e. The Morgan fingerprint density at radius 3 is 2.47 bits per heavy atom. The highest BCUT2D eigenvalue weighted by molar-refractivity contribution is 5.88. The van der Waals surface area contributed by atoms with Crippen LogP contribution in [0.4, 0.5) is 0 Å². The van der Waals surface area contributed by atoms with Gasteiger partial charge in [0.15, 0.2) is 6.61 Å². The largest absolute Gasteiger partial charge is 0.484 e. The number of nitrogens with zero attached hydrogens (tertiary/aromatic N) is 2. The highest BCUT2D eigenvalue weighted by atomic mass is 16.5. The molecule has 1 heterocycles. The van der Waals surface area contributed by atoms with E-state index >= 15 is 0 Å². The van der Waals surface area contributed by atoms with E-state index in [1.54, 1.807) is 14.1 Å².